The summed E-state index contributed by atoms with van der Waals surface area (Å²) in [4.78, 5) is 34.9. The zero-order valence-electron chi connectivity index (χ0n) is 15.7. The lowest BCUT2D eigenvalue weighted by Gasteiger charge is -2.30. The number of amidine groups is 1. The van der Waals surface area contributed by atoms with Crippen LogP contribution in [0.15, 0.2) is 58.6 Å². The van der Waals surface area contributed by atoms with Gasteiger partial charge in [0.05, 0.1) is 9.83 Å². The van der Waals surface area contributed by atoms with Crippen LogP contribution >= 0.6 is 11.8 Å². The Morgan fingerprint density at radius 3 is 2.55 bits per heavy atom. The van der Waals surface area contributed by atoms with E-state index in [0.29, 0.717) is 15.9 Å². The lowest BCUT2D eigenvalue weighted by Crippen LogP contribution is -2.40. The first-order valence-corrected chi connectivity index (χ1v) is 10.4. The summed E-state index contributed by atoms with van der Waals surface area (Å²) >= 11 is 1.33. The number of nitrogens with zero attached hydrogens (tertiary/aromatic N) is 4. The van der Waals surface area contributed by atoms with Crippen LogP contribution in [0, 0.1) is 10.1 Å². The molecule has 7 nitrogen and oxygen atoms in total. The number of carbonyl (C=O) groups excluding carboxylic acids is 1. The fourth-order valence-corrected chi connectivity index (χ4v) is 4.63. The normalized spacial score (nSPS) is 20.6. The van der Waals surface area contributed by atoms with Gasteiger partial charge in [-0.25, -0.2) is 9.98 Å². The number of carbonyl (C=O) groups is 1. The van der Waals surface area contributed by atoms with E-state index in [0.717, 1.165) is 31.2 Å². The predicted octanol–water partition coefficient (Wildman–Crippen LogP) is 4.93. The van der Waals surface area contributed by atoms with E-state index in [2.05, 4.69) is 9.98 Å². The zero-order valence-corrected chi connectivity index (χ0v) is 16.5. The molecular weight excluding hydrogens is 388 g/mol. The van der Waals surface area contributed by atoms with Crippen molar-refractivity contribution in [2.75, 3.05) is 0 Å². The smallest absolute Gasteiger partial charge is 0.269 e. The molecule has 0 unspecified atom stereocenters. The summed E-state index contributed by atoms with van der Waals surface area (Å²) in [7, 11) is 0. The van der Waals surface area contributed by atoms with Crippen molar-refractivity contribution in [1.82, 2.24) is 9.88 Å². The topological polar surface area (TPSA) is 88.7 Å². The summed E-state index contributed by atoms with van der Waals surface area (Å²) in [6.07, 6.45) is 8.81. The van der Waals surface area contributed by atoms with Crippen LogP contribution in [0.4, 0.5) is 11.5 Å². The molecule has 2 fully saturated rings. The van der Waals surface area contributed by atoms with Gasteiger partial charge < -0.3 is 0 Å². The summed E-state index contributed by atoms with van der Waals surface area (Å²) in [5, 5.41) is 11.5. The standard InChI is InChI=1S/C21H20N4O3S/c26-20-18(14-15-9-11-17(12-10-15)25(27)28)29-21(23-19-8-4-5-13-22-19)24(20)16-6-2-1-3-7-16/h4-5,8-14,16H,1-3,6-7H2/b18-14-,23-21+. The molecule has 0 atom stereocenters. The molecule has 0 bridgehead atoms. The predicted molar refractivity (Wildman–Crippen MR) is 114 cm³/mol. The molecule has 2 heterocycles. The van der Waals surface area contributed by atoms with E-state index in [-0.39, 0.29) is 17.6 Å². The molecule has 2 aliphatic rings. The first kappa shape index (κ1) is 19.3. The molecule has 1 aliphatic carbocycles. The Kier molecular flexibility index (Phi) is 5.71. The summed E-state index contributed by atoms with van der Waals surface area (Å²) in [6, 6.07) is 11.8. The van der Waals surface area contributed by atoms with Crippen LogP contribution in [0.1, 0.15) is 37.7 Å². The Hall–Kier alpha value is -3.00. The monoisotopic (exact) mass is 408 g/mol. The van der Waals surface area contributed by atoms with Crippen molar-refractivity contribution in [2.24, 2.45) is 4.99 Å². The van der Waals surface area contributed by atoms with Gasteiger partial charge in [0.1, 0.15) is 0 Å². The van der Waals surface area contributed by atoms with E-state index in [9.17, 15) is 14.9 Å². The fourth-order valence-electron chi connectivity index (χ4n) is 3.59. The number of benzene rings is 1. The third-order valence-electron chi connectivity index (χ3n) is 5.04. The van der Waals surface area contributed by atoms with Crippen molar-refractivity contribution in [3.05, 3.63) is 69.2 Å². The average molecular weight is 408 g/mol. The maximum Gasteiger partial charge on any atom is 0.269 e. The van der Waals surface area contributed by atoms with Crippen molar-refractivity contribution in [1.29, 1.82) is 0 Å². The number of thioether (sulfide) groups is 1. The highest BCUT2D eigenvalue weighted by Crippen LogP contribution is 2.38. The molecule has 0 radical (unpaired) electrons. The first-order chi connectivity index (χ1) is 14.1. The van der Waals surface area contributed by atoms with Gasteiger partial charge in [0.25, 0.3) is 11.6 Å². The minimum Gasteiger partial charge on any atom is -0.283 e. The van der Waals surface area contributed by atoms with Crippen LogP contribution in [-0.4, -0.2) is 31.9 Å². The highest BCUT2D eigenvalue weighted by Gasteiger charge is 2.38. The molecule has 1 saturated carbocycles. The molecule has 1 aromatic carbocycles. The van der Waals surface area contributed by atoms with Gasteiger partial charge in [-0.2, -0.15) is 0 Å². The van der Waals surface area contributed by atoms with E-state index in [1.807, 2.05) is 23.1 Å². The number of non-ortho nitro benzene ring substituents is 1. The Balaban J connectivity index is 1.66. The lowest BCUT2D eigenvalue weighted by atomic mass is 9.94. The highest BCUT2D eigenvalue weighted by molar-refractivity contribution is 8.18. The van der Waals surface area contributed by atoms with E-state index in [1.165, 1.54) is 30.3 Å². The van der Waals surface area contributed by atoms with E-state index < -0.39 is 4.92 Å². The Labute approximate surface area is 172 Å². The third kappa shape index (κ3) is 4.37. The number of nitro benzene ring substituents is 1. The van der Waals surface area contributed by atoms with E-state index >= 15 is 0 Å². The van der Waals surface area contributed by atoms with Crippen molar-refractivity contribution in [3.63, 3.8) is 0 Å². The Morgan fingerprint density at radius 1 is 1.14 bits per heavy atom. The largest absolute Gasteiger partial charge is 0.283 e. The SMILES string of the molecule is O=C1/C(=C/c2ccc([N+](=O)[O-])cc2)S/C(=N/c2ccccn2)N1C1CCCCC1. The number of pyridine rings is 1. The van der Waals surface area contributed by atoms with Gasteiger partial charge >= 0.3 is 0 Å². The highest BCUT2D eigenvalue weighted by atomic mass is 32.2. The van der Waals surface area contributed by atoms with Gasteiger partial charge in [0.15, 0.2) is 11.0 Å². The molecule has 29 heavy (non-hydrogen) atoms. The number of aliphatic imine (C=N–C) groups is 1. The van der Waals surface area contributed by atoms with E-state index in [1.54, 1.807) is 24.4 Å². The van der Waals surface area contributed by atoms with Crippen molar-refractivity contribution in [2.45, 2.75) is 38.1 Å². The van der Waals surface area contributed by atoms with Gasteiger partial charge in [0, 0.05) is 24.4 Å². The fraction of sp³-hybridized carbons (Fsp3) is 0.286. The van der Waals surface area contributed by atoms with Crippen molar-refractivity contribution >= 4 is 40.4 Å². The molecule has 0 N–H and O–H groups in total. The molecule has 1 amide bonds. The molecule has 1 aromatic heterocycles. The quantitative estimate of drug-likeness (QED) is 0.407. The molecule has 0 spiro atoms. The minimum absolute atomic E-state index is 0.0267. The number of amides is 1. The molecule has 8 heteroatoms. The van der Waals surface area contributed by atoms with Crippen LogP contribution in [0.5, 0.6) is 0 Å². The van der Waals surface area contributed by atoms with Gasteiger partial charge in [-0.05, 0) is 60.5 Å². The van der Waals surface area contributed by atoms with Gasteiger partial charge in [-0.3, -0.25) is 19.8 Å². The lowest BCUT2D eigenvalue weighted by molar-refractivity contribution is -0.384. The molecule has 148 valence electrons. The van der Waals surface area contributed by atoms with Crippen LogP contribution < -0.4 is 0 Å². The second-order valence-electron chi connectivity index (χ2n) is 7.01. The van der Waals surface area contributed by atoms with Gasteiger partial charge in [-0.1, -0.05) is 25.3 Å². The summed E-state index contributed by atoms with van der Waals surface area (Å²) in [6.45, 7) is 0. The number of hydrogen-bond donors (Lipinski definition) is 0. The van der Waals surface area contributed by atoms with E-state index in [4.69, 9.17) is 0 Å². The number of rotatable bonds is 4. The second-order valence-corrected chi connectivity index (χ2v) is 8.02. The summed E-state index contributed by atoms with van der Waals surface area (Å²) in [5.41, 5.74) is 0.771. The minimum atomic E-state index is -0.436. The zero-order chi connectivity index (χ0) is 20.2. The Bertz CT molecular complexity index is 967. The van der Waals surface area contributed by atoms with Crippen LogP contribution in [0.3, 0.4) is 0 Å². The van der Waals surface area contributed by atoms with Gasteiger partial charge in [-0.15, -0.1) is 0 Å². The molecular formula is C21H20N4O3S. The second kappa shape index (κ2) is 8.57. The number of nitro groups is 1. The molecule has 2 aromatic rings. The summed E-state index contributed by atoms with van der Waals surface area (Å²) < 4.78 is 0. The molecule has 4 rings (SSSR count). The van der Waals surface area contributed by atoms with Crippen LogP contribution in [0.25, 0.3) is 6.08 Å². The number of aromatic nitrogens is 1. The van der Waals surface area contributed by atoms with Crippen molar-refractivity contribution in [3.8, 4) is 0 Å². The average Bonchev–Trinajstić information content (AvgIpc) is 3.04. The van der Waals surface area contributed by atoms with Crippen molar-refractivity contribution < 1.29 is 9.72 Å². The van der Waals surface area contributed by atoms with Gasteiger partial charge in [0.2, 0.25) is 0 Å². The molecule has 1 saturated heterocycles. The third-order valence-corrected chi connectivity index (χ3v) is 6.02. The molecule has 1 aliphatic heterocycles. The van der Waals surface area contributed by atoms with Crippen LogP contribution in [-0.2, 0) is 4.79 Å². The summed E-state index contributed by atoms with van der Waals surface area (Å²) in [5.74, 6) is 0.509. The van der Waals surface area contributed by atoms with Crippen LogP contribution in [0.2, 0.25) is 0 Å². The maximum absolute atomic E-state index is 13.2. The Morgan fingerprint density at radius 2 is 1.90 bits per heavy atom. The maximum atomic E-state index is 13.2. The number of hydrogen-bond acceptors (Lipinski definition) is 6. The first-order valence-electron chi connectivity index (χ1n) is 9.59.